The van der Waals surface area contributed by atoms with E-state index < -0.39 is 0 Å². The second kappa shape index (κ2) is 5.96. The van der Waals surface area contributed by atoms with E-state index in [2.05, 4.69) is 15.7 Å². The molecule has 1 amide bonds. The van der Waals surface area contributed by atoms with Gasteiger partial charge in [-0.3, -0.25) is 9.48 Å². The number of carbonyl (C=O) groups is 1. The summed E-state index contributed by atoms with van der Waals surface area (Å²) in [5.41, 5.74) is 2.12. The van der Waals surface area contributed by atoms with E-state index in [1.54, 1.807) is 29.9 Å². The monoisotopic (exact) mass is 292 g/mol. The zero-order valence-corrected chi connectivity index (χ0v) is 12.5. The van der Waals surface area contributed by atoms with Gasteiger partial charge >= 0.3 is 0 Å². The molecule has 0 unspecified atom stereocenters. The number of anilines is 2. The molecule has 1 aromatic carbocycles. The third kappa shape index (κ3) is 3.11. The van der Waals surface area contributed by atoms with Crippen molar-refractivity contribution in [1.82, 2.24) is 9.78 Å². The zero-order valence-electron chi connectivity index (χ0n) is 11.7. The molecule has 106 valence electrons. The molecule has 0 spiro atoms. The minimum Gasteiger partial charge on any atom is -0.385 e. The summed E-state index contributed by atoms with van der Waals surface area (Å²) in [5.74, 6) is 0.432. The maximum absolute atomic E-state index is 12.4. The molecule has 0 saturated carbocycles. The minimum atomic E-state index is -0.216. The molecule has 5 nitrogen and oxygen atoms in total. The van der Waals surface area contributed by atoms with Gasteiger partial charge in [-0.2, -0.15) is 5.10 Å². The SMILES string of the molecule is CCNc1ccc(Cl)cc1C(=O)Nc1cc(C)nn1C. The van der Waals surface area contributed by atoms with E-state index in [-0.39, 0.29) is 5.91 Å². The molecule has 6 heteroatoms. The van der Waals surface area contributed by atoms with Gasteiger partial charge in [0.05, 0.1) is 11.3 Å². The molecule has 20 heavy (non-hydrogen) atoms. The zero-order chi connectivity index (χ0) is 14.7. The van der Waals surface area contributed by atoms with Crippen molar-refractivity contribution < 1.29 is 4.79 Å². The number of rotatable bonds is 4. The smallest absolute Gasteiger partial charge is 0.258 e. The summed E-state index contributed by atoms with van der Waals surface area (Å²) in [5, 5.41) is 10.7. The molecule has 0 bridgehead atoms. The molecule has 1 heterocycles. The van der Waals surface area contributed by atoms with Crippen molar-refractivity contribution in [2.75, 3.05) is 17.2 Å². The molecule has 0 radical (unpaired) electrons. The van der Waals surface area contributed by atoms with Gasteiger partial charge < -0.3 is 10.6 Å². The fraction of sp³-hybridized carbons (Fsp3) is 0.286. The highest BCUT2D eigenvalue weighted by molar-refractivity contribution is 6.31. The maximum Gasteiger partial charge on any atom is 0.258 e. The first kappa shape index (κ1) is 14.4. The quantitative estimate of drug-likeness (QED) is 0.910. The van der Waals surface area contributed by atoms with E-state index in [9.17, 15) is 4.79 Å². The number of hydrogen-bond acceptors (Lipinski definition) is 3. The molecule has 1 aromatic heterocycles. The number of nitrogens with zero attached hydrogens (tertiary/aromatic N) is 2. The predicted molar refractivity (Wildman–Crippen MR) is 81.5 cm³/mol. The standard InChI is InChI=1S/C14H17ClN4O/c1-4-16-12-6-5-10(15)8-11(12)14(20)17-13-7-9(2)18-19(13)3/h5-8,16H,4H2,1-3H3,(H,17,20). The Morgan fingerprint density at radius 2 is 2.15 bits per heavy atom. The van der Waals surface area contributed by atoms with Crippen molar-refractivity contribution >= 4 is 29.0 Å². The van der Waals surface area contributed by atoms with Gasteiger partial charge in [0, 0.05) is 30.4 Å². The normalized spacial score (nSPS) is 10.4. The van der Waals surface area contributed by atoms with Gasteiger partial charge in [0.15, 0.2) is 0 Å². The molecule has 0 saturated heterocycles. The Morgan fingerprint density at radius 1 is 1.40 bits per heavy atom. The highest BCUT2D eigenvalue weighted by atomic mass is 35.5. The van der Waals surface area contributed by atoms with Crippen LogP contribution in [-0.4, -0.2) is 22.2 Å². The van der Waals surface area contributed by atoms with E-state index in [1.165, 1.54) is 0 Å². The Balaban J connectivity index is 2.28. The van der Waals surface area contributed by atoms with Crippen LogP contribution in [0.4, 0.5) is 11.5 Å². The summed E-state index contributed by atoms with van der Waals surface area (Å²) >= 11 is 5.97. The Bertz CT molecular complexity index is 636. The van der Waals surface area contributed by atoms with Crippen LogP contribution in [0.3, 0.4) is 0 Å². The van der Waals surface area contributed by atoms with Crippen LogP contribution in [0.15, 0.2) is 24.3 Å². The first-order valence-corrected chi connectivity index (χ1v) is 6.74. The van der Waals surface area contributed by atoms with Crippen LogP contribution in [0.2, 0.25) is 5.02 Å². The van der Waals surface area contributed by atoms with E-state index >= 15 is 0 Å². The Labute approximate surface area is 122 Å². The van der Waals surface area contributed by atoms with Crippen molar-refractivity contribution in [2.45, 2.75) is 13.8 Å². The topological polar surface area (TPSA) is 59.0 Å². The average Bonchev–Trinajstić information content (AvgIpc) is 2.70. The molecule has 0 fully saturated rings. The van der Waals surface area contributed by atoms with Gasteiger partial charge in [-0.05, 0) is 32.0 Å². The summed E-state index contributed by atoms with van der Waals surface area (Å²) in [6.07, 6.45) is 0. The van der Waals surface area contributed by atoms with Gasteiger partial charge in [0.2, 0.25) is 0 Å². The predicted octanol–water partition coefficient (Wildman–Crippen LogP) is 3.07. The Kier molecular flexibility index (Phi) is 4.29. The van der Waals surface area contributed by atoms with E-state index in [1.807, 2.05) is 19.9 Å². The van der Waals surface area contributed by atoms with E-state index in [0.717, 1.165) is 17.9 Å². The summed E-state index contributed by atoms with van der Waals surface area (Å²) in [4.78, 5) is 12.4. The lowest BCUT2D eigenvalue weighted by Crippen LogP contribution is -2.16. The molecule has 0 atom stereocenters. The number of amides is 1. The summed E-state index contributed by atoms with van der Waals surface area (Å²) in [7, 11) is 1.78. The van der Waals surface area contributed by atoms with E-state index in [0.29, 0.717) is 16.4 Å². The van der Waals surface area contributed by atoms with Crippen LogP contribution < -0.4 is 10.6 Å². The van der Waals surface area contributed by atoms with Crippen LogP contribution in [0.5, 0.6) is 0 Å². The number of aromatic nitrogens is 2. The second-order valence-corrected chi connectivity index (χ2v) is 4.91. The first-order valence-electron chi connectivity index (χ1n) is 6.36. The van der Waals surface area contributed by atoms with Crippen molar-refractivity contribution in [3.8, 4) is 0 Å². The van der Waals surface area contributed by atoms with Crippen molar-refractivity contribution in [1.29, 1.82) is 0 Å². The lowest BCUT2D eigenvalue weighted by molar-refractivity contribution is 0.102. The molecular weight excluding hydrogens is 276 g/mol. The van der Waals surface area contributed by atoms with Gasteiger partial charge in [-0.1, -0.05) is 11.6 Å². The third-order valence-corrected chi connectivity index (χ3v) is 3.07. The summed E-state index contributed by atoms with van der Waals surface area (Å²) in [6.45, 7) is 4.58. The minimum absolute atomic E-state index is 0.216. The highest BCUT2D eigenvalue weighted by Gasteiger charge is 2.14. The lowest BCUT2D eigenvalue weighted by atomic mass is 10.1. The molecular formula is C14H17ClN4O. The molecule has 0 aliphatic rings. The van der Waals surface area contributed by atoms with Crippen molar-refractivity contribution in [3.05, 3.63) is 40.5 Å². The fourth-order valence-electron chi connectivity index (χ4n) is 1.96. The second-order valence-electron chi connectivity index (χ2n) is 4.47. The van der Waals surface area contributed by atoms with Gasteiger partial charge in [-0.15, -0.1) is 0 Å². The van der Waals surface area contributed by atoms with Crippen LogP contribution >= 0.6 is 11.6 Å². The maximum atomic E-state index is 12.4. The summed E-state index contributed by atoms with van der Waals surface area (Å²) in [6, 6.07) is 7.02. The third-order valence-electron chi connectivity index (χ3n) is 2.84. The van der Waals surface area contributed by atoms with Gasteiger partial charge in [-0.25, -0.2) is 0 Å². The largest absolute Gasteiger partial charge is 0.385 e. The average molecular weight is 293 g/mol. The Morgan fingerprint density at radius 3 is 2.75 bits per heavy atom. The first-order chi connectivity index (χ1) is 9.51. The van der Waals surface area contributed by atoms with E-state index in [4.69, 9.17) is 11.6 Å². The van der Waals surface area contributed by atoms with Crippen LogP contribution in [-0.2, 0) is 7.05 Å². The fourth-order valence-corrected chi connectivity index (χ4v) is 2.13. The highest BCUT2D eigenvalue weighted by Crippen LogP contribution is 2.22. The molecule has 0 aliphatic heterocycles. The Hall–Kier alpha value is -2.01. The molecule has 2 N–H and O–H groups in total. The molecule has 0 aliphatic carbocycles. The van der Waals surface area contributed by atoms with Crippen molar-refractivity contribution in [2.24, 2.45) is 7.05 Å². The van der Waals surface area contributed by atoms with Crippen LogP contribution in [0.25, 0.3) is 0 Å². The molecule has 2 rings (SSSR count). The lowest BCUT2D eigenvalue weighted by Gasteiger charge is -2.11. The number of carbonyl (C=O) groups excluding carboxylic acids is 1. The number of halogens is 1. The molecule has 2 aromatic rings. The number of aryl methyl sites for hydroxylation is 2. The number of nitrogens with one attached hydrogen (secondary N) is 2. The van der Waals surface area contributed by atoms with Crippen LogP contribution in [0, 0.1) is 6.92 Å². The van der Waals surface area contributed by atoms with Gasteiger partial charge in [0.1, 0.15) is 5.82 Å². The summed E-state index contributed by atoms with van der Waals surface area (Å²) < 4.78 is 1.63. The number of hydrogen-bond donors (Lipinski definition) is 2. The van der Waals surface area contributed by atoms with Crippen molar-refractivity contribution in [3.63, 3.8) is 0 Å². The number of benzene rings is 1. The van der Waals surface area contributed by atoms with Gasteiger partial charge in [0.25, 0.3) is 5.91 Å². The van der Waals surface area contributed by atoms with Crippen LogP contribution in [0.1, 0.15) is 23.0 Å².